The summed E-state index contributed by atoms with van der Waals surface area (Å²) in [6.45, 7) is 26.5. The van der Waals surface area contributed by atoms with Gasteiger partial charge in [-0.3, -0.25) is 9.69 Å². The Labute approximate surface area is 246 Å². The summed E-state index contributed by atoms with van der Waals surface area (Å²) in [5.74, 6) is 1.97. The molecule has 222 valence electrons. The summed E-state index contributed by atoms with van der Waals surface area (Å²) in [5.41, 5.74) is 6.81. The van der Waals surface area contributed by atoms with Gasteiger partial charge in [0.05, 0.1) is 24.3 Å². The number of esters is 1. The molecule has 0 saturated heterocycles. The lowest BCUT2D eigenvalue weighted by Crippen LogP contribution is -2.30. The Kier molecular flexibility index (Phi) is 10.2. The number of hydrogen-bond donors (Lipinski definition) is 0. The largest absolute Gasteiger partial charge is 0.492 e. The molecule has 1 heterocycles. The SMILES string of the molecule is C=C(CN(Cc1cc(C)c(CC(C)(C)C(=O)OCC)c(C)c1)Cc1nc(-c2cccc(C)c2)oc1C)OC(C)(C)C. The number of oxazole rings is 1. The first-order valence-corrected chi connectivity index (χ1v) is 14.5. The summed E-state index contributed by atoms with van der Waals surface area (Å²) >= 11 is 0. The number of aryl methyl sites for hydroxylation is 4. The maximum atomic E-state index is 12.6. The molecule has 0 saturated carbocycles. The van der Waals surface area contributed by atoms with Gasteiger partial charge in [-0.15, -0.1) is 0 Å². The Morgan fingerprint density at radius 2 is 1.66 bits per heavy atom. The van der Waals surface area contributed by atoms with Crippen LogP contribution in [0.2, 0.25) is 0 Å². The molecule has 3 rings (SSSR count). The van der Waals surface area contributed by atoms with Crippen LogP contribution in [0.15, 0.2) is 53.2 Å². The standard InChI is InChI=1S/C35H48N2O4/c1-12-39-33(38)35(10,11)19-30-24(3)17-28(18-25(30)4)21-37(20-26(5)41-34(7,8)9)22-31-27(6)40-32(36-31)29-15-13-14-23(2)16-29/h13-18H,5,12,19-22H2,1-4,6-11H3. The number of ether oxygens (including phenoxy) is 2. The van der Waals surface area contributed by atoms with E-state index in [1.165, 1.54) is 22.3 Å². The maximum Gasteiger partial charge on any atom is 0.311 e. The smallest absolute Gasteiger partial charge is 0.311 e. The van der Waals surface area contributed by atoms with Crippen LogP contribution in [0.4, 0.5) is 0 Å². The van der Waals surface area contributed by atoms with Crippen LogP contribution in [-0.4, -0.2) is 34.6 Å². The van der Waals surface area contributed by atoms with Gasteiger partial charge in [-0.2, -0.15) is 0 Å². The van der Waals surface area contributed by atoms with Crippen LogP contribution >= 0.6 is 0 Å². The van der Waals surface area contributed by atoms with E-state index in [-0.39, 0.29) is 11.6 Å². The fourth-order valence-corrected chi connectivity index (χ4v) is 5.12. The molecule has 0 aliphatic carbocycles. The second kappa shape index (κ2) is 13.1. The number of carbonyl (C=O) groups excluding carboxylic acids is 1. The Morgan fingerprint density at radius 1 is 1.00 bits per heavy atom. The highest BCUT2D eigenvalue weighted by Gasteiger charge is 2.31. The number of carbonyl (C=O) groups is 1. The molecule has 6 nitrogen and oxygen atoms in total. The molecule has 0 aliphatic rings. The monoisotopic (exact) mass is 560 g/mol. The maximum absolute atomic E-state index is 12.6. The van der Waals surface area contributed by atoms with Crippen molar-refractivity contribution in [2.75, 3.05) is 13.2 Å². The molecule has 1 aromatic heterocycles. The van der Waals surface area contributed by atoms with Crippen molar-refractivity contribution in [3.8, 4) is 11.5 Å². The number of benzene rings is 2. The van der Waals surface area contributed by atoms with E-state index in [0.717, 1.165) is 22.6 Å². The van der Waals surface area contributed by atoms with Crippen molar-refractivity contribution in [2.24, 2.45) is 5.41 Å². The predicted molar refractivity (Wildman–Crippen MR) is 166 cm³/mol. The lowest BCUT2D eigenvalue weighted by Gasteiger charge is -2.28. The molecule has 0 atom stereocenters. The third-order valence-corrected chi connectivity index (χ3v) is 6.99. The Morgan fingerprint density at radius 3 is 2.24 bits per heavy atom. The molecule has 0 aliphatic heterocycles. The first-order valence-electron chi connectivity index (χ1n) is 14.5. The fourth-order valence-electron chi connectivity index (χ4n) is 5.12. The molecule has 2 aromatic carbocycles. The third-order valence-electron chi connectivity index (χ3n) is 6.99. The summed E-state index contributed by atoms with van der Waals surface area (Å²) in [7, 11) is 0. The third kappa shape index (κ3) is 9.06. The highest BCUT2D eigenvalue weighted by atomic mass is 16.5. The predicted octanol–water partition coefficient (Wildman–Crippen LogP) is 8.04. The summed E-state index contributed by atoms with van der Waals surface area (Å²) < 4.78 is 17.5. The molecule has 0 fully saturated rings. The average molecular weight is 561 g/mol. The van der Waals surface area contributed by atoms with Crippen LogP contribution in [0.1, 0.15) is 80.8 Å². The van der Waals surface area contributed by atoms with E-state index >= 15 is 0 Å². The minimum atomic E-state index is -0.597. The van der Waals surface area contributed by atoms with Crippen molar-refractivity contribution in [2.45, 2.75) is 94.3 Å². The van der Waals surface area contributed by atoms with Crippen molar-refractivity contribution >= 4 is 5.97 Å². The summed E-state index contributed by atoms with van der Waals surface area (Å²) in [5, 5.41) is 0. The zero-order valence-electron chi connectivity index (χ0n) is 26.7. The van der Waals surface area contributed by atoms with Gasteiger partial charge in [-0.25, -0.2) is 4.98 Å². The summed E-state index contributed by atoms with van der Waals surface area (Å²) in [6, 6.07) is 12.6. The van der Waals surface area contributed by atoms with Gasteiger partial charge in [0, 0.05) is 18.7 Å². The van der Waals surface area contributed by atoms with E-state index in [1.807, 2.05) is 60.6 Å². The Bertz CT molecular complexity index is 1350. The van der Waals surface area contributed by atoms with Gasteiger partial charge in [-0.05, 0) is 110 Å². The molecule has 6 heteroatoms. The summed E-state index contributed by atoms with van der Waals surface area (Å²) in [6.07, 6.45) is 0.629. The zero-order chi connectivity index (χ0) is 30.5. The van der Waals surface area contributed by atoms with Crippen LogP contribution < -0.4 is 0 Å². The molecule has 0 unspecified atom stereocenters. The van der Waals surface area contributed by atoms with Crippen LogP contribution in [0.5, 0.6) is 0 Å². The average Bonchev–Trinajstić information content (AvgIpc) is 3.20. The molecule has 0 spiro atoms. The van der Waals surface area contributed by atoms with Crippen LogP contribution in [0, 0.1) is 33.1 Å². The molecule has 0 amide bonds. The highest BCUT2D eigenvalue weighted by molar-refractivity contribution is 5.76. The van der Waals surface area contributed by atoms with E-state index in [1.54, 1.807) is 0 Å². The number of hydrogen-bond acceptors (Lipinski definition) is 6. The second-order valence-corrected chi connectivity index (χ2v) is 12.8. The molecule has 0 radical (unpaired) electrons. The minimum Gasteiger partial charge on any atom is -0.492 e. The van der Waals surface area contributed by atoms with E-state index < -0.39 is 5.41 Å². The van der Waals surface area contributed by atoms with Crippen molar-refractivity contribution in [1.82, 2.24) is 9.88 Å². The normalized spacial score (nSPS) is 12.1. The first-order chi connectivity index (χ1) is 19.1. The topological polar surface area (TPSA) is 64.8 Å². The van der Waals surface area contributed by atoms with Gasteiger partial charge in [-0.1, -0.05) is 36.4 Å². The quantitative estimate of drug-likeness (QED) is 0.165. The summed E-state index contributed by atoms with van der Waals surface area (Å²) in [4.78, 5) is 19.7. The Hall–Kier alpha value is -3.38. The van der Waals surface area contributed by atoms with E-state index in [2.05, 4.69) is 56.5 Å². The van der Waals surface area contributed by atoms with E-state index in [4.69, 9.17) is 18.9 Å². The first kappa shape index (κ1) is 32.1. The van der Waals surface area contributed by atoms with E-state index in [0.29, 0.717) is 44.3 Å². The van der Waals surface area contributed by atoms with Crippen molar-refractivity contribution in [3.05, 3.63) is 88.0 Å². The lowest BCUT2D eigenvalue weighted by molar-refractivity contribution is -0.153. The van der Waals surface area contributed by atoms with Gasteiger partial charge < -0.3 is 13.9 Å². The van der Waals surface area contributed by atoms with Crippen LogP contribution in [0.25, 0.3) is 11.5 Å². The lowest BCUT2D eigenvalue weighted by atomic mass is 9.82. The Balaban J connectivity index is 1.88. The van der Waals surface area contributed by atoms with Gasteiger partial charge in [0.2, 0.25) is 5.89 Å². The minimum absolute atomic E-state index is 0.167. The van der Waals surface area contributed by atoms with Crippen LogP contribution in [-0.2, 0) is 33.8 Å². The molecular weight excluding hydrogens is 512 g/mol. The fraction of sp³-hybridized carbons (Fsp3) is 0.486. The number of rotatable bonds is 12. The van der Waals surface area contributed by atoms with Crippen molar-refractivity contribution in [1.29, 1.82) is 0 Å². The van der Waals surface area contributed by atoms with E-state index in [9.17, 15) is 4.79 Å². The van der Waals surface area contributed by atoms with Crippen molar-refractivity contribution < 1.29 is 18.7 Å². The zero-order valence-corrected chi connectivity index (χ0v) is 26.7. The number of aromatic nitrogens is 1. The van der Waals surface area contributed by atoms with Crippen LogP contribution in [0.3, 0.4) is 0 Å². The molecule has 0 N–H and O–H groups in total. The highest BCUT2D eigenvalue weighted by Crippen LogP contribution is 2.30. The van der Waals surface area contributed by atoms with Gasteiger partial charge in [0.1, 0.15) is 17.1 Å². The second-order valence-electron chi connectivity index (χ2n) is 12.8. The molecule has 41 heavy (non-hydrogen) atoms. The molecule has 3 aromatic rings. The van der Waals surface area contributed by atoms with Crippen molar-refractivity contribution in [3.63, 3.8) is 0 Å². The van der Waals surface area contributed by atoms with Gasteiger partial charge >= 0.3 is 5.97 Å². The van der Waals surface area contributed by atoms with Gasteiger partial charge in [0.25, 0.3) is 0 Å². The molecular formula is C35H48N2O4. The van der Waals surface area contributed by atoms with Gasteiger partial charge in [0.15, 0.2) is 0 Å². The number of nitrogens with zero attached hydrogens (tertiary/aromatic N) is 2. The molecule has 0 bridgehead atoms.